The van der Waals surface area contributed by atoms with Gasteiger partial charge in [-0.3, -0.25) is 9.78 Å². The van der Waals surface area contributed by atoms with E-state index >= 15 is 0 Å². The van der Waals surface area contributed by atoms with Gasteiger partial charge in [-0.2, -0.15) is 0 Å². The number of nitrogens with zero attached hydrogens (tertiary/aromatic N) is 1. The van der Waals surface area contributed by atoms with Gasteiger partial charge in [0.1, 0.15) is 0 Å². The lowest BCUT2D eigenvalue weighted by Gasteiger charge is -2.08. The van der Waals surface area contributed by atoms with Gasteiger partial charge in [0.15, 0.2) is 0 Å². The van der Waals surface area contributed by atoms with Crippen LogP contribution in [0, 0.1) is 0 Å². The Morgan fingerprint density at radius 1 is 0.952 bits per heavy atom. The summed E-state index contributed by atoms with van der Waals surface area (Å²) >= 11 is 0. The number of carbonyl (C=O) groups excluding carboxylic acids is 1. The molecule has 4 nitrogen and oxygen atoms in total. The van der Waals surface area contributed by atoms with Crippen LogP contribution >= 0.6 is 0 Å². The Bertz CT molecular complexity index is 756. The van der Waals surface area contributed by atoms with Crippen molar-refractivity contribution in [2.24, 2.45) is 0 Å². The van der Waals surface area contributed by atoms with Gasteiger partial charge in [-0.1, -0.05) is 24.3 Å². The third kappa shape index (κ3) is 3.36. The Kier molecular flexibility index (Phi) is 3.78. The first-order valence-electron chi connectivity index (χ1n) is 6.75. The first kappa shape index (κ1) is 13.1. The van der Waals surface area contributed by atoms with Crippen molar-refractivity contribution in [2.75, 3.05) is 17.2 Å². The van der Waals surface area contributed by atoms with E-state index in [-0.39, 0.29) is 12.5 Å². The number of nitrogens with one attached hydrogen (secondary N) is 2. The molecule has 0 saturated carbocycles. The Morgan fingerprint density at radius 3 is 2.67 bits per heavy atom. The largest absolute Gasteiger partial charge is 0.376 e. The van der Waals surface area contributed by atoms with Crippen molar-refractivity contribution in [3.8, 4) is 0 Å². The zero-order valence-corrected chi connectivity index (χ0v) is 11.4. The molecule has 1 heterocycles. The summed E-state index contributed by atoms with van der Waals surface area (Å²) in [6.07, 6.45) is 1.75. The minimum Gasteiger partial charge on any atom is -0.376 e. The van der Waals surface area contributed by atoms with Crippen LogP contribution in [0.15, 0.2) is 66.9 Å². The van der Waals surface area contributed by atoms with Crippen LogP contribution in [0.3, 0.4) is 0 Å². The summed E-state index contributed by atoms with van der Waals surface area (Å²) in [5.74, 6) is -0.0814. The average molecular weight is 277 g/mol. The summed E-state index contributed by atoms with van der Waals surface area (Å²) in [5.41, 5.74) is 2.61. The van der Waals surface area contributed by atoms with Gasteiger partial charge in [0.05, 0.1) is 12.1 Å². The number of hydrogen-bond donors (Lipinski definition) is 2. The molecule has 0 bridgehead atoms. The lowest BCUT2D eigenvalue weighted by Crippen LogP contribution is -2.21. The molecule has 104 valence electrons. The quantitative estimate of drug-likeness (QED) is 0.769. The first-order valence-corrected chi connectivity index (χ1v) is 6.75. The molecule has 0 aliphatic carbocycles. The van der Waals surface area contributed by atoms with E-state index in [1.54, 1.807) is 6.20 Å². The van der Waals surface area contributed by atoms with Crippen LogP contribution in [0.25, 0.3) is 10.9 Å². The van der Waals surface area contributed by atoms with Crippen LogP contribution < -0.4 is 10.6 Å². The SMILES string of the molecule is O=C(CNc1ccccc1)Nc1ccc2ncccc2c1. The predicted molar refractivity (Wildman–Crippen MR) is 85.3 cm³/mol. The van der Waals surface area contributed by atoms with E-state index in [0.717, 1.165) is 22.3 Å². The van der Waals surface area contributed by atoms with Crippen molar-refractivity contribution in [2.45, 2.75) is 0 Å². The maximum Gasteiger partial charge on any atom is 0.243 e. The van der Waals surface area contributed by atoms with E-state index in [0.29, 0.717) is 0 Å². The summed E-state index contributed by atoms with van der Waals surface area (Å²) in [6.45, 7) is 0.231. The van der Waals surface area contributed by atoms with Crippen LogP contribution in [0.2, 0.25) is 0 Å². The first-order chi connectivity index (χ1) is 10.3. The summed E-state index contributed by atoms with van der Waals surface area (Å²) in [6, 6.07) is 19.2. The fraction of sp³-hybridized carbons (Fsp3) is 0.0588. The van der Waals surface area contributed by atoms with E-state index in [1.807, 2.05) is 60.7 Å². The highest BCUT2D eigenvalue weighted by Gasteiger charge is 2.03. The number of pyridine rings is 1. The van der Waals surface area contributed by atoms with Gasteiger partial charge >= 0.3 is 0 Å². The molecular weight excluding hydrogens is 262 g/mol. The third-order valence-electron chi connectivity index (χ3n) is 3.11. The normalized spacial score (nSPS) is 10.3. The van der Waals surface area contributed by atoms with Gasteiger partial charge < -0.3 is 10.6 Å². The van der Waals surface area contributed by atoms with Crippen molar-refractivity contribution in [3.63, 3.8) is 0 Å². The second kappa shape index (κ2) is 6.05. The highest BCUT2D eigenvalue weighted by molar-refractivity contribution is 5.95. The van der Waals surface area contributed by atoms with Crippen molar-refractivity contribution in [1.29, 1.82) is 0 Å². The number of para-hydroxylation sites is 1. The van der Waals surface area contributed by atoms with E-state index in [4.69, 9.17) is 0 Å². The molecule has 0 aliphatic heterocycles. The van der Waals surface area contributed by atoms with E-state index in [1.165, 1.54) is 0 Å². The second-order valence-electron chi connectivity index (χ2n) is 4.68. The zero-order valence-electron chi connectivity index (χ0n) is 11.4. The van der Waals surface area contributed by atoms with Gasteiger partial charge in [-0.15, -0.1) is 0 Å². The predicted octanol–water partition coefficient (Wildman–Crippen LogP) is 3.29. The van der Waals surface area contributed by atoms with Crippen LogP contribution in [-0.2, 0) is 4.79 Å². The molecule has 3 rings (SSSR count). The molecule has 1 amide bonds. The van der Waals surface area contributed by atoms with Gasteiger partial charge in [0.2, 0.25) is 5.91 Å². The fourth-order valence-electron chi connectivity index (χ4n) is 2.10. The van der Waals surface area contributed by atoms with Gasteiger partial charge in [0.25, 0.3) is 0 Å². The second-order valence-corrected chi connectivity index (χ2v) is 4.68. The number of benzene rings is 2. The number of anilines is 2. The molecule has 0 atom stereocenters. The molecule has 2 N–H and O–H groups in total. The number of rotatable bonds is 4. The minimum atomic E-state index is -0.0814. The zero-order chi connectivity index (χ0) is 14.5. The highest BCUT2D eigenvalue weighted by Crippen LogP contribution is 2.16. The van der Waals surface area contributed by atoms with Gasteiger partial charge in [-0.05, 0) is 36.4 Å². The molecule has 0 unspecified atom stereocenters. The van der Waals surface area contributed by atoms with E-state index in [9.17, 15) is 4.79 Å². The fourth-order valence-corrected chi connectivity index (χ4v) is 2.10. The molecule has 3 aromatic rings. The number of carbonyl (C=O) groups is 1. The Labute approximate surface area is 122 Å². The molecule has 0 fully saturated rings. The molecule has 0 aliphatic rings. The maximum atomic E-state index is 11.9. The summed E-state index contributed by atoms with van der Waals surface area (Å²) in [5, 5.41) is 6.96. The number of fused-ring (bicyclic) bond motifs is 1. The van der Waals surface area contributed by atoms with Crippen molar-refractivity contribution >= 4 is 28.2 Å². The van der Waals surface area contributed by atoms with Gasteiger partial charge in [-0.25, -0.2) is 0 Å². The smallest absolute Gasteiger partial charge is 0.243 e. The molecule has 0 saturated heterocycles. The molecule has 21 heavy (non-hydrogen) atoms. The Morgan fingerprint density at radius 2 is 1.81 bits per heavy atom. The lowest BCUT2D eigenvalue weighted by atomic mass is 10.2. The molecule has 0 spiro atoms. The maximum absolute atomic E-state index is 11.9. The van der Waals surface area contributed by atoms with Gasteiger partial charge in [0, 0.05) is 23.0 Å². The molecule has 2 aromatic carbocycles. The van der Waals surface area contributed by atoms with Crippen molar-refractivity contribution in [1.82, 2.24) is 4.98 Å². The number of hydrogen-bond acceptors (Lipinski definition) is 3. The monoisotopic (exact) mass is 277 g/mol. The number of aromatic nitrogens is 1. The topological polar surface area (TPSA) is 54.0 Å². The average Bonchev–Trinajstić information content (AvgIpc) is 2.54. The van der Waals surface area contributed by atoms with Crippen molar-refractivity contribution < 1.29 is 4.79 Å². The number of amides is 1. The highest BCUT2D eigenvalue weighted by atomic mass is 16.1. The Balaban J connectivity index is 1.63. The standard InChI is InChI=1S/C17H15N3O/c21-17(12-19-14-6-2-1-3-7-14)20-15-8-9-16-13(11-15)5-4-10-18-16/h1-11,19H,12H2,(H,20,21). The molecule has 1 aromatic heterocycles. The lowest BCUT2D eigenvalue weighted by molar-refractivity contribution is -0.114. The minimum absolute atomic E-state index is 0.0814. The summed E-state index contributed by atoms with van der Waals surface area (Å²) in [7, 11) is 0. The molecule has 4 heteroatoms. The third-order valence-corrected chi connectivity index (χ3v) is 3.11. The molecule has 0 radical (unpaired) electrons. The van der Waals surface area contributed by atoms with Crippen LogP contribution in [-0.4, -0.2) is 17.4 Å². The van der Waals surface area contributed by atoms with Crippen LogP contribution in [0.4, 0.5) is 11.4 Å². The summed E-state index contributed by atoms with van der Waals surface area (Å²) < 4.78 is 0. The molecular formula is C17H15N3O. The van der Waals surface area contributed by atoms with Crippen LogP contribution in [0.1, 0.15) is 0 Å². The van der Waals surface area contributed by atoms with E-state index < -0.39 is 0 Å². The van der Waals surface area contributed by atoms with Crippen LogP contribution in [0.5, 0.6) is 0 Å². The van der Waals surface area contributed by atoms with E-state index in [2.05, 4.69) is 15.6 Å². The van der Waals surface area contributed by atoms with Crippen molar-refractivity contribution in [3.05, 3.63) is 66.9 Å². The summed E-state index contributed by atoms with van der Waals surface area (Å²) in [4.78, 5) is 16.2. The Hall–Kier alpha value is -2.88.